The number of rotatable bonds is 3. The highest BCUT2D eigenvalue weighted by Crippen LogP contribution is 2.32. The average Bonchev–Trinajstić information content (AvgIpc) is 3.26. The number of anilines is 3. The molecule has 2 heterocycles. The summed E-state index contributed by atoms with van der Waals surface area (Å²) >= 11 is 1.14. The number of aryl methyl sites for hydroxylation is 1. The highest BCUT2D eigenvalue weighted by molar-refractivity contribution is 7.17. The van der Waals surface area contributed by atoms with Gasteiger partial charge in [0.2, 0.25) is 0 Å². The molecule has 2 N–H and O–H groups in total. The molecule has 8 heteroatoms. The number of thiazole rings is 1. The third-order valence-electron chi connectivity index (χ3n) is 4.45. The van der Waals surface area contributed by atoms with Gasteiger partial charge in [-0.15, -0.1) is 0 Å². The summed E-state index contributed by atoms with van der Waals surface area (Å²) in [5.41, 5.74) is 3.09. The predicted octanol–water partition coefficient (Wildman–Crippen LogP) is 4.44. The van der Waals surface area contributed by atoms with Crippen molar-refractivity contribution in [3.8, 4) is 0 Å². The van der Waals surface area contributed by atoms with Crippen molar-refractivity contribution in [2.75, 3.05) is 22.1 Å². The summed E-state index contributed by atoms with van der Waals surface area (Å²) < 4.78 is 12.9. The van der Waals surface area contributed by atoms with Crippen LogP contribution in [0.2, 0.25) is 0 Å². The van der Waals surface area contributed by atoms with Gasteiger partial charge < -0.3 is 10.2 Å². The van der Waals surface area contributed by atoms with Gasteiger partial charge in [0.1, 0.15) is 10.7 Å². The standard InChI is InChI=1S/C20H17FN4O2S/c1-12-17(18(26)25-11-10-13-4-2-3-5-16(13)25)28-20(22-12)24-19(27)23-15-8-6-14(21)7-9-15/h2-9H,10-11H2,1H3,(H2,22,23,24,27). The Bertz CT molecular complexity index is 1050. The summed E-state index contributed by atoms with van der Waals surface area (Å²) in [5.74, 6) is -0.500. The molecule has 6 nitrogen and oxygen atoms in total. The van der Waals surface area contributed by atoms with E-state index >= 15 is 0 Å². The number of carbonyl (C=O) groups is 2. The van der Waals surface area contributed by atoms with Crippen LogP contribution in [0.3, 0.4) is 0 Å². The van der Waals surface area contributed by atoms with Crippen molar-refractivity contribution in [1.82, 2.24) is 4.98 Å². The van der Waals surface area contributed by atoms with E-state index in [1.165, 1.54) is 24.3 Å². The first-order valence-electron chi connectivity index (χ1n) is 8.72. The van der Waals surface area contributed by atoms with E-state index in [9.17, 15) is 14.0 Å². The molecular weight excluding hydrogens is 379 g/mol. The van der Waals surface area contributed by atoms with E-state index in [4.69, 9.17) is 0 Å². The Hall–Kier alpha value is -3.26. The third-order valence-corrected chi connectivity index (χ3v) is 5.51. The number of nitrogens with one attached hydrogen (secondary N) is 2. The first-order valence-corrected chi connectivity index (χ1v) is 9.53. The number of aromatic nitrogens is 1. The summed E-state index contributed by atoms with van der Waals surface area (Å²) in [7, 11) is 0. The average molecular weight is 396 g/mol. The number of fused-ring (bicyclic) bond motifs is 1. The molecule has 0 saturated carbocycles. The van der Waals surface area contributed by atoms with Gasteiger partial charge in [0, 0.05) is 17.9 Å². The Morgan fingerprint density at radius 3 is 2.64 bits per heavy atom. The van der Waals surface area contributed by atoms with Crippen LogP contribution in [0.25, 0.3) is 0 Å². The fraction of sp³-hybridized carbons (Fsp3) is 0.150. The van der Waals surface area contributed by atoms with Crippen LogP contribution in [0.15, 0.2) is 48.5 Å². The molecule has 0 bridgehead atoms. The molecule has 0 saturated heterocycles. The van der Waals surface area contributed by atoms with Gasteiger partial charge in [0.15, 0.2) is 5.13 Å². The van der Waals surface area contributed by atoms with E-state index in [-0.39, 0.29) is 11.7 Å². The molecule has 142 valence electrons. The number of carbonyl (C=O) groups excluding carboxylic acids is 2. The molecule has 1 aromatic heterocycles. The highest BCUT2D eigenvalue weighted by Gasteiger charge is 2.28. The number of amides is 3. The predicted molar refractivity (Wildman–Crippen MR) is 108 cm³/mol. The van der Waals surface area contributed by atoms with E-state index in [0.717, 1.165) is 29.0 Å². The summed E-state index contributed by atoms with van der Waals surface area (Å²) in [6.45, 7) is 2.37. The Morgan fingerprint density at radius 2 is 1.86 bits per heavy atom. The quantitative estimate of drug-likeness (QED) is 0.687. The highest BCUT2D eigenvalue weighted by atomic mass is 32.1. The molecule has 0 spiro atoms. The maximum Gasteiger partial charge on any atom is 0.325 e. The van der Waals surface area contributed by atoms with Gasteiger partial charge in [-0.05, 0) is 49.2 Å². The van der Waals surface area contributed by atoms with Crippen LogP contribution in [0.1, 0.15) is 20.9 Å². The molecular formula is C20H17FN4O2S. The Balaban J connectivity index is 1.47. The molecule has 1 aliphatic rings. The summed E-state index contributed by atoms with van der Waals surface area (Å²) in [6.07, 6.45) is 0.824. The number of nitrogens with zero attached hydrogens (tertiary/aromatic N) is 2. The molecule has 0 radical (unpaired) electrons. The molecule has 3 amide bonds. The van der Waals surface area contributed by atoms with Crippen molar-refractivity contribution >= 4 is 39.8 Å². The van der Waals surface area contributed by atoms with Gasteiger partial charge in [0.25, 0.3) is 5.91 Å². The number of para-hydroxylation sites is 1. The van der Waals surface area contributed by atoms with Gasteiger partial charge in [-0.1, -0.05) is 29.5 Å². The monoisotopic (exact) mass is 396 g/mol. The lowest BCUT2D eigenvalue weighted by Crippen LogP contribution is -2.28. The van der Waals surface area contributed by atoms with Crippen molar-refractivity contribution in [2.45, 2.75) is 13.3 Å². The Kier molecular flexibility index (Phi) is 4.79. The van der Waals surface area contributed by atoms with E-state index in [2.05, 4.69) is 15.6 Å². The zero-order valence-corrected chi connectivity index (χ0v) is 15.8. The topological polar surface area (TPSA) is 74.3 Å². The maximum atomic E-state index is 13.0. The lowest BCUT2D eigenvalue weighted by Gasteiger charge is -2.16. The zero-order valence-electron chi connectivity index (χ0n) is 15.0. The molecule has 0 atom stereocenters. The fourth-order valence-corrected chi connectivity index (χ4v) is 4.02. The number of hydrogen-bond acceptors (Lipinski definition) is 4. The number of benzene rings is 2. The summed E-state index contributed by atoms with van der Waals surface area (Å²) in [5, 5.41) is 5.55. The van der Waals surface area contributed by atoms with Crippen molar-refractivity contribution in [3.05, 3.63) is 70.5 Å². The molecule has 28 heavy (non-hydrogen) atoms. The number of hydrogen-bond donors (Lipinski definition) is 2. The summed E-state index contributed by atoms with van der Waals surface area (Å²) in [6, 6.07) is 12.8. The summed E-state index contributed by atoms with van der Waals surface area (Å²) in [4.78, 5) is 31.7. The molecule has 0 aliphatic carbocycles. The zero-order chi connectivity index (χ0) is 19.7. The SMILES string of the molecule is Cc1nc(NC(=O)Nc2ccc(F)cc2)sc1C(=O)N1CCc2ccccc21. The lowest BCUT2D eigenvalue weighted by molar-refractivity contribution is 0.0992. The Labute approximate surface area is 165 Å². The van der Waals surface area contributed by atoms with Gasteiger partial charge in [-0.3, -0.25) is 10.1 Å². The molecule has 2 aromatic carbocycles. The van der Waals surface area contributed by atoms with Gasteiger partial charge >= 0.3 is 6.03 Å². The normalized spacial score (nSPS) is 12.6. The lowest BCUT2D eigenvalue weighted by atomic mass is 10.2. The second-order valence-corrected chi connectivity index (χ2v) is 7.35. The minimum absolute atomic E-state index is 0.119. The van der Waals surface area contributed by atoms with Crippen molar-refractivity contribution in [1.29, 1.82) is 0 Å². The third kappa shape index (κ3) is 3.59. The van der Waals surface area contributed by atoms with Crippen LogP contribution in [0.5, 0.6) is 0 Å². The van der Waals surface area contributed by atoms with Crippen LogP contribution in [-0.4, -0.2) is 23.5 Å². The largest absolute Gasteiger partial charge is 0.325 e. The van der Waals surface area contributed by atoms with E-state index < -0.39 is 6.03 Å². The first-order chi connectivity index (χ1) is 13.5. The molecule has 0 fully saturated rings. The molecule has 1 aliphatic heterocycles. The van der Waals surface area contributed by atoms with E-state index in [1.54, 1.807) is 11.8 Å². The molecule has 4 rings (SSSR count). The van der Waals surface area contributed by atoms with Gasteiger partial charge in [-0.25, -0.2) is 14.2 Å². The van der Waals surface area contributed by atoms with Crippen LogP contribution in [0, 0.1) is 12.7 Å². The molecule has 0 unspecified atom stereocenters. The second kappa shape index (κ2) is 7.40. The van der Waals surface area contributed by atoms with E-state index in [1.807, 2.05) is 24.3 Å². The number of halogens is 1. The fourth-order valence-electron chi connectivity index (χ4n) is 3.11. The van der Waals surface area contributed by atoms with Gasteiger partial charge in [-0.2, -0.15) is 0 Å². The van der Waals surface area contributed by atoms with Crippen molar-refractivity contribution in [3.63, 3.8) is 0 Å². The smallest absolute Gasteiger partial charge is 0.308 e. The second-order valence-electron chi connectivity index (χ2n) is 6.36. The minimum Gasteiger partial charge on any atom is -0.308 e. The number of urea groups is 1. The van der Waals surface area contributed by atoms with Crippen LogP contribution in [-0.2, 0) is 6.42 Å². The molecule has 3 aromatic rings. The van der Waals surface area contributed by atoms with Crippen LogP contribution in [0.4, 0.5) is 25.7 Å². The first kappa shape index (κ1) is 18.1. The van der Waals surface area contributed by atoms with Crippen molar-refractivity contribution in [2.24, 2.45) is 0 Å². The minimum atomic E-state index is -0.508. The maximum absolute atomic E-state index is 13.0. The Morgan fingerprint density at radius 1 is 1.11 bits per heavy atom. The van der Waals surface area contributed by atoms with Crippen molar-refractivity contribution < 1.29 is 14.0 Å². The van der Waals surface area contributed by atoms with Crippen LogP contribution >= 0.6 is 11.3 Å². The van der Waals surface area contributed by atoms with Gasteiger partial charge in [0.05, 0.1) is 5.69 Å². The van der Waals surface area contributed by atoms with Crippen LogP contribution < -0.4 is 15.5 Å². The van der Waals surface area contributed by atoms with E-state index in [0.29, 0.717) is 27.9 Å².